The van der Waals surface area contributed by atoms with Crippen molar-refractivity contribution in [1.29, 1.82) is 0 Å². The number of nitrogens with two attached hydrogens (primary N) is 1. The molecule has 0 fully saturated rings. The number of aliphatic carboxylic acids is 1. The Morgan fingerprint density at radius 1 is 1.00 bits per heavy atom. The lowest BCUT2D eigenvalue weighted by Crippen LogP contribution is -2.48. The molecule has 0 saturated heterocycles. The second-order valence-corrected chi connectivity index (χ2v) is 7.56. The van der Waals surface area contributed by atoms with Gasteiger partial charge in [0, 0.05) is 13.0 Å². The molecule has 8 heteroatoms. The highest BCUT2D eigenvalue weighted by Gasteiger charge is 2.32. The van der Waals surface area contributed by atoms with Gasteiger partial charge in [-0.25, -0.2) is 4.79 Å². The summed E-state index contributed by atoms with van der Waals surface area (Å²) in [4.78, 5) is 24.1. The molecule has 1 unspecified atom stereocenters. The molecule has 4 N–H and O–H groups in total. The largest absolute Gasteiger partial charge is 0.508 e. The van der Waals surface area contributed by atoms with Crippen LogP contribution in [0.5, 0.6) is 5.75 Å². The molecule has 0 bridgehead atoms. The summed E-state index contributed by atoms with van der Waals surface area (Å²) in [5, 5.41) is 19.0. The molecule has 0 aliphatic rings. The predicted molar refractivity (Wildman–Crippen MR) is 107 cm³/mol. The number of carboxylic acids is 1. The number of aromatic hydroxyl groups is 1. The molecule has 1 rings (SSSR count). The van der Waals surface area contributed by atoms with E-state index in [2.05, 4.69) is 0 Å². The quantitative estimate of drug-likeness (QED) is 0.336. The van der Waals surface area contributed by atoms with Gasteiger partial charge >= 0.3 is 5.97 Å². The van der Waals surface area contributed by atoms with E-state index in [1.54, 1.807) is 12.1 Å². The standard InChI is InChI=1S/C19H28Cl2N2O4/c20-17(21)18(25)23(12-6-4-2-1-3-5-11-22)16(19(26)27)13-14-7-9-15(24)10-8-14/h7-10,16-17,24H,1-6,11-13,22H2,(H,26,27). The molecule has 152 valence electrons. The maximum absolute atomic E-state index is 12.4. The van der Waals surface area contributed by atoms with Crippen LogP contribution in [0.25, 0.3) is 0 Å². The zero-order chi connectivity index (χ0) is 20.2. The average Bonchev–Trinajstić information content (AvgIpc) is 2.63. The first-order chi connectivity index (χ1) is 12.9. The van der Waals surface area contributed by atoms with E-state index in [0.717, 1.165) is 32.1 Å². The van der Waals surface area contributed by atoms with Crippen molar-refractivity contribution in [2.24, 2.45) is 5.73 Å². The smallest absolute Gasteiger partial charge is 0.326 e. The number of carbonyl (C=O) groups excluding carboxylic acids is 1. The van der Waals surface area contributed by atoms with E-state index >= 15 is 0 Å². The second kappa shape index (κ2) is 12.8. The Morgan fingerprint density at radius 2 is 1.56 bits per heavy atom. The minimum absolute atomic E-state index is 0.0924. The molecule has 0 radical (unpaired) electrons. The number of nitrogens with zero attached hydrogens (tertiary/aromatic N) is 1. The van der Waals surface area contributed by atoms with Crippen LogP contribution in [0.4, 0.5) is 0 Å². The summed E-state index contributed by atoms with van der Waals surface area (Å²) in [6.07, 6.45) is 5.81. The van der Waals surface area contributed by atoms with Crippen LogP contribution in [0.1, 0.15) is 44.1 Å². The molecule has 1 aromatic rings. The van der Waals surface area contributed by atoms with Crippen LogP contribution >= 0.6 is 23.2 Å². The Labute approximate surface area is 170 Å². The van der Waals surface area contributed by atoms with Crippen LogP contribution in [0.15, 0.2) is 24.3 Å². The van der Waals surface area contributed by atoms with Crippen LogP contribution < -0.4 is 5.73 Å². The lowest BCUT2D eigenvalue weighted by atomic mass is 10.0. The van der Waals surface area contributed by atoms with Crippen molar-refractivity contribution in [2.45, 2.75) is 55.8 Å². The molecule has 0 aliphatic carbocycles. The highest BCUT2D eigenvalue weighted by Crippen LogP contribution is 2.18. The summed E-state index contributed by atoms with van der Waals surface area (Å²) < 4.78 is 0. The fourth-order valence-corrected chi connectivity index (χ4v) is 3.12. The van der Waals surface area contributed by atoms with Gasteiger partial charge in [0.25, 0.3) is 5.91 Å². The Hall–Kier alpha value is -1.50. The van der Waals surface area contributed by atoms with Crippen LogP contribution in [0.2, 0.25) is 0 Å². The van der Waals surface area contributed by atoms with Gasteiger partial charge in [-0.1, -0.05) is 61.0 Å². The van der Waals surface area contributed by atoms with Crippen LogP contribution in [-0.4, -0.2) is 51.0 Å². The zero-order valence-corrected chi connectivity index (χ0v) is 16.8. The molecule has 0 aliphatic heterocycles. The van der Waals surface area contributed by atoms with Gasteiger partial charge in [0.05, 0.1) is 0 Å². The zero-order valence-electron chi connectivity index (χ0n) is 15.3. The van der Waals surface area contributed by atoms with Crippen LogP contribution in [0.3, 0.4) is 0 Å². The van der Waals surface area contributed by atoms with Gasteiger partial charge < -0.3 is 20.8 Å². The van der Waals surface area contributed by atoms with Gasteiger partial charge in [-0.15, -0.1) is 0 Å². The number of amides is 1. The molecule has 27 heavy (non-hydrogen) atoms. The molecule has 1 amide bonds. The van der Waals surface area contributed by atoms with E-state index in [-0.39, 0.29) is 18.7 Å². The third-order valence-corrected chi connectivity index (χ3v) is 4.72. The maximum atomic E-state index is 12.4. The van der Waals surface area contributed by atoms with Crippen molar-refractivity contribution in [3.8, 4) is 5.75 Å². The lowest BCUT2D eigenvalue weighted by Gasteiger charge is -2.29. The third kappa shape index (κ3) is 8.82. The number of unbranched alkanes of at least 4 members (excludes halogenated alkanes) is 5. The molecule has 6 nitrogen and oxygen atoms in total. The first-order valence-electron chi connectivity index (χ1n) is 9.16. The molecule has 1 aromatic carbocycles. The van der Waals surface area contributed by atoms with E-state index in [0.29, 0.717) is 18.5 Å². The number of rotatable bonds is 13. The number of phenolic OH excluding ortho intramolecular Hbond substituents is 1. The summed E-state index contributed by atoms with van der Waals surface area (Å²) in [6.45, 7) is 0.966. The lowest BCUT2D eigenvalue weighted by molar-refractivity contribution is -0.149. The maximum Gasteiger partial charge on any atom is 0.326 e. The molecular weight excluding hydrogens is 391 g/mol. The SMILES string of the molecule is NCCCCCCCCN(C(=O)C(Cl)Cl)C(Cc1ccc(O)cc1)C(=O)O. The normalized spacial score (nSPS) is 12.1. The first-order valence-corrected chi connectivity index (χ1v) is 10.0. The van der Waals surface area contributed by atoms with Gasteiger partial charge in [0.2, 0.25) is 0 Å². The second-order valence-electron chi connectivity index (χ2n) is 6.47. The fourth-order valence-electron chi connectivity index (χ4n) is 2.86. The number of benzene rings is 1. The third-order valence-electron chi connectivity index (χ3n) is 4.35. The topological polar surface area (TPSA) is 104 Å². The minimum atomic E-state index is -1.31. The van der Waals surface area contributed by atoms with Crippen molar-refractivity contribution < 1.29 is 19.8 Å². The van der Waals surface area contributed by atoms with E-state index in [4.69, 9.17) is 28.9 Å². The van der Waals surface area contributed by atoms with Gasteiger partial charge in [-0.2, -0.15) is 0 Å². The number of hydrogen-bond donors (Lipinski definition) is 3. The highest BCUT2D eigenvalue weighted by atomic mass is 35.5. The Morgan fingerprint density at radius 3 is 2.07 bits per heavy atom. The fraction of sp³-hybridized carbons (Fsp3) is 0.579. The number of hydrogen-bond acceptors (Lipinski definition) is 4. The van der Waals surface area contributed by atoms with Crippen molar-refractivity contribution in [1.82, 2.24) is 4.90 Å². The van der Waals surface area contributed by atoms with E-state index < -0.39 is 22.8 Å². The molecule has 0 heterocycles. The summed E-state index contributed by atoms with van der Waals surface area (Å²) in [5.74, 6) is -1.63. The summed E-state index contributed by atoms with van der Waals surface area (Å²) in [6, 6.07) is 5.15. The number of phenols is 1. The van der Waals surface area contributed by atoms with Gasteiger partial charge in [0.1, 0.15) is 11.8 Å². The predicted octanol–water partition coefficient (Wildman–Crippen LogP) is 3.32. The molecule has 1 atom stereocenters. The monoisotopic (exact) mass is 418 g/mol. The van der Waals surface area contributed by atoms with Gasteiger partial charge in [-0.05, 0) is 37.1 Å². The number of carbonyl (C=O) groups is 2. The molecular formula is C19H28Cl2N2O4. The van der Waals surface area contributed by atoms with Crippen LogP contribution in [0, 0.1) is 0 Å². The summed E-state index contributed by atoms with van der Waals surface area (Å²) >= 11 is 11.5. The molecule has 0 saturated carbocycles. The van der Waals surface area contributed by atoms with Crippen molar-refractivity contribution in [3.05, 3.63) is 29.8 Å². The molecule has 0 spiro atoms. The van der Waals surface area contributed by atoms with E-state index in [1.165, 1.54) is 17.0 Å². The number of carboxylic acid groups (broad SMARTS) is 1. The average molecular weight is 419 g/mol. The first kappa shape index (κ1) is 23.5. The van der Waals surface area contributed by atoms with Crippen LogP contribution in [-0.2, 0) is 16.0 Å². The highest BCUT2D eigenvalue weighted by molar-refractivity contribution is 6.53. The number of alkyl halides is 2. The summed E-state index contributed by atoms with van der Waals surface area (Å²) in [7, 11) is 0. The van der Waals surface area contributed by atoms with Gasteiger partial charge in [-0.3, -0.25) is 4.79 Å². The number of halogens is 2. The Balaban J connectivity index is 2.73. The van der Waals surface area contributed by atoms with Crippen molar-refractivity contribution in [3.63, 3.8) is 0 Å². The molecule has 0 aromatic heterocycles. The Bertz CT molecular complexity index is 582. The summed E-state index contributed by atoms with van der Waals surface area (Å²) in [5.41, 5.74) is 6.16. The van der Waals surface area contributed by atoms with E-state index in [9.17, 15) is 19.8 Å². The van der Waals surface area contributed by atoms with E-state index in [1.807, 2.05) is 0 Å². The van der Waals surface area contributed by atoms with Crippen molar-refractivity contribution >= 4 is 35.1 Å². The minimum Gasteiger partial charge on any atom is -0.508 e. The van der Waals surface area contributed by atoms with Gasteiger partial charge in [0.15, 0.2) is 4.84 Å². The van der Waals surface area contributed by atoms with Crippen molar-refractivity contribution in [2.75, 3.05) is 13.1 Å². The Kier molecular flexibility index (Phi) is 11.2.